The smallest absolute Gasteiger partial charge is 0.177 e. The van der Waals surface area contributed by atoms with Gasteiger partial charge in [0.25, 0.3) is 0 Å². The maximum atomic E-state index is 11.5. The molecule has 4 heteroatoms. The van der Waals surface area contributed by atoms with Gasteiger partial charge in [-0.3, -0.25) is 0 Å². The summed E-state index contributed by atoms with van der Waals surface area (Å²) in [6.07, 6.45) is 3.38. The molecule has 3 aliphatic rings. The minimum atomic E-state index is -2.89. The van der Waals surface area contributed by atoms with Gasteiger partial charge in [0.05, 0.1) is 11.4 Å². The van der Waals surface area contributed by atoms with Gasteiger partial charge >= 0.3 is 0 Å². The molecule has 3 fully saturated rings. The molecule has 68 valence electrons. The van der Waals surface area contributed by atoms with Crippen molar-refractivity contribution < 1.29 is 13.2 Å². The quantitative estimate of drug-likeness (QED) is 0.557. The highest BCUT2D eigenvalue weighted by Crippen LogP contribution is 2.51. The zero-order chi connectivity index (χ0) is 8.34. The van der Waals surface area contributed by atoms with Crippen LogP contribution in [0, 0.1) is 11.8 Å². The summed E-state index contributed by atoms with van der Waals surface area (Å²) in [5.41, 5.74) is 0. The molecule has 3 nitrogen and oxygen atoms in total. The van der Waals surface area contributed by atoms with Gasteiger partial charge in [0.1, 0.15) is 5.94 Å². The Morgan fingerprint density at radius 2 is 2.00 bits per heavy atom. The monoisotopic (exact) mass is 188 g/mol. The normalized spacial score (nSPS) is 54.3. The zero-order valence-electron chi connectivity index (χ0n) is 6.77. The van der Waals surface area contributed by atoms with E-state index in [1.54, 1.807) is 0 Å². The molecule has 0 aromatic carbocycles. The highest BCUT2D eigenvalue weighted by Gasteiger charge is 2.54. The third kappa shape index (κ3) is 0.773. The van der Waals surface area contributed by atoms with Gasteiger partial charge in [-0.1, -0.05) is 0 Å². The summed E-state index contributed by atoms with van der Waals surface area (Å²) in [7, 11) is -2.89. The Morgan fingerprint density at radius 1 is 1.17 bits per heavy atom. The van der Waals surface area contributed by atoms with E-state index in [2.05, 4.69) is 0 Å². The fourth-order valence-corrected chi connectivity index (χ4v) is 5.02. The van der Waals surface area contributed by atoms with Crippen LogP contribution in [-0.4, -0.2) is 25.7 Å². The summed E-state index contributed by atoms with van der Waals surface area (Å²) in [6.45, 7) is 0. The SMILES string of the molecule is O=S1(=O)COC2CC3CC2C1C3. The predicted molar refractivity (Wildman–Crippen MR) is 43.3 cm³/mol. The molecule has 1 aliphatic heterocycles. The van der Waals surface area contributed by atoms with Crippen LogP contribution in [0.25, 0.3) is 0 Å². The number of hydrogen-bond donors (Lipinski definition) is 0. The Morgan fingerprint density at radius 3 is 2.67 bits per heavy atom. The van der Waals surface area contributed by atoms with Gasteiger partial charge in [0.15, 0.2) is 9.84 Å². The standard InChI is InChI=1S/C8H12O3S/c9-12(10)4-11-7-2-5-1-6(7)8(12)3-5/h5-8H,1-4H2. The molecule has 0 amide bonds. The number of hydrogen-bond acceptors (Lipinski definition) is 3. The van der Waals surface area contributed by atoms with E-state index in [1.165, 1.54) is 0 Å². The molecule has 0 N–H and O–H groups in total. The van der Waals surface area contributed by atoms with Gasteiger partial charge in [-0.2, -0.15) is 0 Å². The van der Waals surface area contributed by atoms with Crippen LogP contribution in [0.15, 0.2) is 0 Å². The Labute approximate surface area is 72.0 Å². The zero-order valence-corrected chi connectivity index (χ0v) is 7.59. The fraction of sp³-hybridized carbons (Fsp3) is 1.00. The molecule has 2 saturated carbocycles. The summed E-state index contributed by atoms with van der Waals surface area (Å²) in [5.74, 6) is 0.958. The van der Waals surface area contributed by atoms with Gasteiger partial charge in [0, 0.05) is 5.92 Å². The van der Waals surface area contributed by atoms with Crippen molar-refractivity contribution >= 4 is 9.84 Å². The molecule has 0 aromatic heterocycles. The van der Waals surface area contributed by atoms with Crippen molar-refractivity contribution in [3.63, 3.8) is 0 Å². The number of sulfone groups is 1. The third-order valence-electron chi connectivity index (χ3n) is 3.60. The van der Waals surface area contributed by atoms with E-state index >= 15 is 0 Å². The molecule has 0 radical (unpaired) electrons. The topological polar surface area (TPSA) is 43.4 Å². The lowest BCUT2D eigenvalue weighted by molar-refractivity contribution is 0.0302. The molecular weight excluding hydrogens is 176 g/mol. The van der Waals surface area contributed by atoms with Crippen LogP contribution < -0.4 is 0 Å². The summed E-state index contributed by atoms with van der Waals surface area (Å²) in [5, 5.41) is -0.0463. The maximum Gasteiger partial charge on any atom is 0.177 e. The van der Waals surface area contributed by atoms with E-state index in [0.717, 1.165) is 19.3 Å². The minimum Gasteiger partial charge on any atom is -0.362 e. The largest absolute Gasteiger partial charge is 0.362 e. The van der Waals surface area contributed by atoms with Crippen molar-refractivity contribution in [3.05, 3.63) is 0 Å². The van der Waals surface area contributed by atoms with Gasteiger partial charge in [0.2, 0.25) is 0 Å². The van der Waals surface area contributed by atoms with Crippen LogP contribution in [0.3, 0.4) is 0 Å². The number of ether oxygens (including phenoxy) is 1. The lowest BCUT2D eigenvalue weighted by Gasteiger charge is -2.34. The number of fused-ring (bicyclic) bond motifs is 1. The lowest BCUT2D eigenvalue weighted by atomic mass is 9.97. The van der Waals surface area contributed by atoms with Gasteiger partial charge in [-0.15, -0.1) is 0 Å². The van der Waals surface area contributed by atoms with Gasteiger partial charge in [-0.05, 0) is 25.2 Å². The first kappa shape index (κ1) is 7.33. The Balaban J connectivity index is 2.03. The fourth-order valence-electron chi connectivity index (χ4n) is 3.10. The van der Waals surface area contributed by atoms with E-state index in [9.17, 15) is 8.42 Å². The van der Waals surface area contributed by atoms with Crippen molar-refractivity contribution in [3.8, 4) is 0 Å². The maximum absolute atomic E-state index is 11.5. The molecule has 2 aliphatic carbocycles. The van der Waals surface area contributed by atoms with Crippen LogP contribution >= 0.6 is 0 Å². The molecule has 4 unspecified atom stereocenters. The highest BCUT2D eigenvalue weighted by atomic mass is 32.2. The van der Waals surface area contributed by atoms with E-state index in [1.807, 2.05) is 0 Å². The van der Waals surface area contributed by atoms with Crippen LogP contribution in [0.1, 0.15) is 19.3 Å². The molecule has 0 aromatic rings. The first-order valence-electron chi connectivity index (χ1n) is 4.50. The molecule has 1 saturated heterocycles. The summed E-state index contributed by atoms with van der Waals surface area (Å²) >= 11 is 0. The Hall–Kier alpha value is -0.0900. The van der Waals surface area contributed by atoms with Crippen molar-refractivity contribution in [2.45, 2.75) is 30.6 Å². The molecule has 0 spiro atoms. The molecular formula is C8H12O3S. The van der Waals surface area contributed by atoms with E-state index < -0.39 is 9.84 Å². The van der Waals surface area contributed by atoms with Gasteiger partial charge < -0.3 is 4.74 Å². The second kappa shape index (κ2) is 2.04. The van der Waals surface area contributed by atoms with Crippen molar-refractivity contribution in [2.24, 2.45) is 11.8 Å². The second-order valence-corrected chi connectivity index (χ2v) is 6.43. The molecule has 4 atom stereocenters. The van der Waals surface area contributed by atoms with Crippen molar-refractivity contribution in [1.29, 1.82) is 0 Å². The van der Waals surface area contributed by atoms with Crippen LogP contribution in [0.4, 0.5) is 0 Å². The van der Waals surface area contributed by atoms with Crippen LogP contribution in [0.5, 0.6) is 0 Å². The predicted octanol–water partition coefficient (Wildman–Crippen LogP) is 0.556. The first-order valence-corrected chi connectivity index (χ1v) is 6.21. The van der Waals surface area contributed by atoms with E-state index in [0.29, 0.717) is 11.8 Å². The number of rotatable bonds is 0. The molecule has 1 heterocycles. The lowest BCUT2D eigenvalue weighted by Crippen LogP contribution is -2.44. The minimum absolute atomic E-state index is 0.0223. The summed E-state index contributed by atoms with van der Waals surface area (Å²) in [4.78, 5) is 0. The van der Waals surface area contributed by atoms with E-state index in [-0.39, 0.29) is 17.3 Å². The van der Waals surface area contributed by atoms with E-state index in [4.69, 9.17) is 4.74 Å². The highest BCUT2D eigenvalue weighted by molar-refractivity contribution is 7.91. The Kier molecular flexibility index (Phi) is 1.25. The van der Waals surface area contributed by atoms with Gasteiger partial charge in [-0.25, -0.2) is 8.42 Å². The molecule has 3 rings (SSSR count). The second-order valence-electron chi connectivity index (χ2n) is 4.26. The molecule has 2 bridgehead atoms. The Bertz CT molecular complexity index is 308. The summed E-state index contributed by atoms with van der Waals surface area (Å²) < 4.78 is 28.3. The van der Waals surface area contributed by atoms with Crippen LogP contribution in [-0.2, 0) is 14.6 Å². The molecule has 12 heavy (non-hydrogen) atoms. The first-order chi connectivity index (χ1) is 5.67. The third-order valence-corrected chi connectivity index (χ3v) is 5.53. The van der Waals surface area contributed by atoms with Crippen molar-refractivity contribution in [1.82, 2.24) is 0 Å². The average molecular weight is 188 g/mol. The van der Waals surface area contributed by atoms with Crippen LogP contribution in [0.2, 0.25) is 0 Å². The summed E-state index contributed by atoms with van der Waals surface area (Å²) in [6, 6.07) is 0. The average Bonchev–Trinajstić information content (AvgIpc) is 2.56. The van der Waals surface area contributed by atoms with Crippen molar-refractivity contribution in [2.75, 3.05) is 5.94 Å².